The highest BCUT2D eigenvalue weighted by atomic mass is 16.4. The third-order valence-electron chi connectivity index (χ3n) is 4.37. The van der Waals surface area contributed by atoms with E-state index in [0.717, 1.165) is 5.56 Å². The van der Waals surface area contributed by atoms with Gasteiger partial charge in [-0.3, -0.25) is 0 Å². The van der Waals surface area contributed by atoms with Crippen LogP contribution in [-0.2, 0) is 6.54 Å². The molecule has 2 aromatic rings. The minimum atomic E-state index is 0.503. The molecule has 4 nitrogen and oxygen atoms in total. The molecule has 3 rings (SSSR count). The average molecular weight is 285 g/mol. The zero-order chi connectivity index (χ0) is 14.7. The third-order valence-corrected chi connectivity index (χ3v) is 4.37. The first-order valence-corrected chi connectivity index (χ1v) is 7.74. The predicted molar refractivity (Wildman–Crippen MR) is 82.6 cm³/mol. The van der Waals surface area contributed by atoms with Crippen molar-refractivity contribution < 1.29 is 4.42 Å². The van der Waals surface area contributed by atoms with Crippen molar-refractivity contribution >= 4 is 0 Å². The molecule has 1 aromatic carbocycles. The molecule has 1 fully saturated rings. The number of hydrogen-bond donors (Lipinski definition) is 1. The number of hydrogen-bond acceptors (Lipinski definition) is 4. The van der Waals surface area contributed by atoms with Crippen LogP contribution in [0.3, 0.4) is 0 Å². The molecule has 4 heteroatoms. The van der Waals surface area contributed by atoms with Crippen LogP contribution in [0.2, 0.25) is 0 Å². The molecular weight excluding hydrogens is 262 g/mol. The highest BCUT2D eigenvalue weighted by Crippen LogP contribution is 2.35. The first-order valence-electron chi connectivity index (χ1n) is 7.74. The smallest absolute Gasteiger partial charge is 0.247 e. The van der Waals surface area contributed by atoms with E-state index in [4.69, 9.17) is 4.42 Å². The lowest BCUT2D eigenvalue weighted by Gasteiger charge is -2.34. The van der Waals surface area contributed by atoms with Crippen molar-refractivity contribution in [2.75, 3.05) is 0 Å². The van der Waals surface area contributed by atoms with Gasteiger partial charge in [0.15, 0.2) is 0 Å². The van der Waals surface area contributed by atoms with Crippen LogP contribution in [0.1, 0.15) is 45.4 Å². The van der Waals surface area contributed by atoms with Gasteiger partial charge >= 0.3 is 0 Å². The Morgan fingerprint density at radius 1 is 1.14 bits per heavy atom. The normalized spacial score (nSPS) is 18.8. The summed E-state index contributed by atoms with van der Waals surface area (Å²) < 4.78 is 5.72. The molecule has 1 saturated carbocycles. The van der Waals surface area contributed by atoms with Gasteiger partial charge in [-0.05, 0) is 43.2 Å². The summed E-state index contributed by atoms with van der Waals surface area (Å²) >= 11 is 0. The fourth-order valence-corrected chi connectivity index (χ4v) is 2.86. The number of benzene rings is 1. The second-order valence-electron chi connectivity index (χ2n) is 6.69. The summed E-state index contributed by atoms with van der Waals surface area (Å²) in [6, 6.07) is 10.5. The van der Waals surface area contributed by atoms with Crippen molar-refractivity contribution in [2.45, 2.75) is 52.1 Å². The van der Waals surface area contributed by atoms with Crippen LogP contribution in [0.15, 0.2) is 34.7 Å². The first kappa shape index (κ1) is 14.3. The minimum absolute atomic E-state index is 0.503. The Balaban J connectivity index is 1.54. The molecule has 1 N–H and O–H groups in total. The Labute approximate surface area is 126 Å². The van der Waals surface area contributed by atoms with Gasteiger partial charge < -0.3 is 9.73 Å². The molecule has 0 saturated heterocycles. The van der Waals surface area contributed by atoms with Gasteiger partial charge in [-0.2, -0.15) is 0 Å². The van der Waals surface area contributed by atoms with E-state index in [1.54, 1.807) is 0 Å². The van der Waals surface area contributed by atoms with Gasteiger partial charge in [0.05, 0.1) is 6.54 Å². The van der Waals surface area contributed by atoms with Gasteiger partial charge in [-0.25, -0.2) is 0 Å². The van der Waals surface area contributed by atoms with E-state index in [-0.39, 0.29) is 0 Å². The monoisotopic (exact) mass is 285 g/mol. The van der Waals surface area contributed by atoms with E-state index in [1.807, 2.05) is 30.3 Å². The summed E-state index contributed by atoms with van der Waals surface area (Å²) in [5.41, 5.74) is 1.47. The Morgan fingerprint density at radius 3 is 2.57 bits per heavy atom. The maximum Gasteiger partial charge on any atom is 0.247 e. The van der Waals surface area contributed by atoms with Gasteiger partial charge in [-0.1, -0.05) is 32.0 Å². The lowest BCUT2D eigenvalue weighted by Crippen LogP contribution is -2.35. The molecule has 1 aliphatic rings. The zero-order valence-corrected chi connectivity index (χ0v) is 12.8. The van der Waals surface area contributed by atoms with Crippen molar-refractivity contribution in [2.24, 2.45) is 5.41 Å². The summed E-state index contributed by atoms with van der Waals surface area (Å²) in [6.07, 6.45) is 5.02. The van der Waals surface area contributed by atoms with E-state index < -0.39 is 0 Å². The molecule has 0 bridgehead atoms. The minimum Gasteiger partial charge on any atom is -0.419 e. The Kier molecular flexibility index (Phi) is 4.06. The zero-order valence-electron chi connectivity index (χ0n) is 12.8. The molecule has 1 aliphatic carbocycles. The standard InChI is InChI=1S/C17H23N3O/c1-17(2)10-8-14(9-11-17)18-12-15-19-20-16(21-15)13-6-4-3-5-7-13/h3-7,14,18H,8-12H2,1-2H3. The van der Waals surface area contributed by atoms with E-state index in [2.05, 4.69) is 29.4 Å². The molecule has 0 spiro atoms. The number of aromatic nitrogens is 2. The van der Waals surface area contributed by atoms with Crippen molar-refractivity contribution in [3.63, 3.8) is 0 Å². The molecular formula is C17H23N3O. The fraction of sp³-hybridized carbons (Fsp3) is 0.529. The van der Waals surface area contributed by atoms with Gasteiger partial charge in [0.25, 0.3) is 0 Å². The van der Waals surface area contributed by atoms with Gasteiger partial charge in [0.1, 0.15) is 0 Å². The van der Waals surface area contributed by atoms with Crippen LogP contribution in [-0.4, -0.2) is 16.2 Å². The quantitative estimate of drug-likeness (QED) is 0.928. The van der Waals surface area contributed by atoms with Crippen molar-refractivity contribution in [3.8, 4) is 11.5 Å². The number of nitrogens with one attached hydrogen (secondary N) is 1. The van der Waals surface area contributed by atoms with Crippen molar-refractivity contribution in [1.82, 2.24) is 15.5 Å². The lowest BCUT2D eigenvalue weighted by molar-refractivity contribution is 0.203. The molecule has 0 aliphatic heterocycles. The fourth-order valence-electron chi connectivity index (χ4n) is 2.86. The van der Waals surface area contributed by atoms with E-state index in [0.29, 0.717) is 29.8 Å². The van der Waals surface area contributed by atoms with Gasteiger partial charge in [-0.15, -0.1) is 10.2 Å². The molecule has 1 heterocycles. The average Bonchev–Trinajstić information content (AvgIpc) is 2.96. The van der Waals surface area contributed by atoms with Gasteiger partial charge in [0.2, 0.25) is 11.8 Å². The molecule has 0 unspecified atom stereocenters. The van der Waals surface area contributed by atoms with Crippen LogP contribution in [0.4, 0.5) is 0 Å². The molecule has 0 radical (unpaired) electrons. The van der Waals surface area contributed by atoms with Crippen molar-refractivity contribution in [3.05, 3.63) is 36.2 Å². The Morgan fingerprint density at radius 2 is 1.86 bits per heavy atom. The molecule has 112 valence electrons. The van der Waals surface area contributed by atoms with Crippen LogP contribution < -0.4 is 5.32 Å². The molecule has 1 aromatic heterocycles. The molecule has 0 atom stereocenters. The Bertz CT molecular complexity index is 567. The summed E-state index contributed by atoms with van der Waals surface area (Å²) in [5.74, 6) is 1.26. The second kappa shape index (κ2) is 5.98. The van der Waals surface area contributed by atoms with Crippen LogP contribution in [0, 0.1) is 5.41 Å². The van der Waals surface area contributed by atoms with E-state index in [1.165, 1.54) is 25.7 Å². The van der Waals surface area contributed by atoms with E-state index in [9.17, 15) is 0 Å². The molecule has 0 amide bonds. The SMILES string of the molecule is CC1(C)CCC(NCc2nnc(-c3ccccc3)o2)CC1. The maximum atomic E-state index is 5.72. The molecule has 21 heavy (non-hydrogen) atoms. The number of rotatable bonds is 4. The van der Waals surface area contributed by atoms with Crippen LogP contribution >= 0.6 is 0 Å². The number of nitrogens with zero attached hydrogens (tertiary/aromatic N) is 2. The third kappa shape index (κ3) is 3.70. The Hall–Kier alpha value is -1.68. The summed E-state index contributed by atoms with van der Waals surface area (Å²) in [7, 11) is 0. The van der Waals surface area contributed by atoms with Crippen molar-refractivity contribution in [1.29, 1.82) is 0 Å². The summed E-state index contributed by atoms with van der Waals surface area (Å²) in [4.78, 5) is 0. The maximum absolute atomic E-state index is 5.72. The van der Waals surface area contributed by atoms with Crippen LogP contribution in [0.25, 0.3) is 11.5 Å². The van der Waals surface area contributed by atoms with Crippen LogP contribution in [0.5, 0.6) is 0 Å². The highest BCUT2D eigenvalue weighted by molar-refractivity contribution is 5.51. The summed E-state index contributed by atoms with van der Waals surface area (Å²) in [6.45, 7) is 5.37. The second-order valence-corrected chi connectivity index (χ2v) is 6.69. The first-order chi connectivity index (χ1) is 10.1. The topological polar surface area (TPSA) is 51.0 Å². The lowest BCUT2D eigenvalue weighted by atomic mass is 9.75. The van der Waals surface area contributed by atoms with Gasteiger partial charge in [0, 0.05) is 11.6 Å². The highest BCUT2D eigenvalue weighted by Gasteiger charge is 2.26. The van der Waals surface area contributed by atoms with E-state index >= 15 is 0 Å². The predicted octanol–water partition coefficient (Wildman–Crippen LogP) is 3.80. The largest absolute Gasteiger partial charge is 0.419 e. The summed E-state index contributed by atoms with van der Waals surface area (Å²) in [5, 5.41) is 11.8.